The third-order valence-electron chi connectivity index (χ3n) is 5.69. The lowest BCUT2D eigenvalue weighted by atomic mass is 10.2. The first kappa shape index (κ1) is 24.2. The summed E-state index contributed by atoms with van der Waals surface area (Å²) in [7, 11) is 0. The molecule has 0 atom stereocenters. The van der Waals surface area contributed by atoms with Gasteiger partial charge >= 0.3 is 0 Å². The molecule has 1 amide bonds. The second-order valence-corrected chi connectivity index (χ2v) is 9.03. The van der Waals surface area contributed by atoms with Crippen LogP contribution in [0.15, 0.2) is 70.4 Å². The standard InChI is InChI=1S/C25H25FN6O3S/c26-19-8-4-5-9-21(19)32-23(18-6-2-1-3-7-18)29-30-25(32)36-17-22-28-20(16-35-22)24(33)27-10-11-31-12-14-34-15-13-31/h1-9,16H,10-15,17H2,(H,27,33). The lowest BCUT2D eigenvalue weighted by Crippen LogP contribution is -2.41. The molecule has 5 rings (SSSR count). The molecule has 1 aliphatic heterocycles. The summed E-state index contributed by atoms with van der Waals surface area (Å²) in [4.78, 5) is 19.0. The van der Waals surface area contributed by atoms with Gasteiger partial charge < -0.3 is 14.5 Å². The molecule has 2 aromatic heterocycles. The van der Waals surface area contributed by atoms with Crippen molar-refractivity contribution in [3.63, 3.8) is 0 Å². The van der Waals surface area contributed by atoms with E-state index in [9.17, 15) is 9.18 Å². The highest BCUT2D eigenvalue weighted by Crippen LogP contribution is 2.30. The van der Waals surface area contributed by atoms with Crippen molar-refractivity contribution in [2.45, 2.75) is 10.9 Å². The van der Waals surface area contributed by atoms with Crippen LogP contribution in [0.2, 0.25) is 0 Å². The first-order chi connectivity index (χ1) is 17.7. The van der Waals surface area contributed by atoms with E-state index >= 15 is 0 Å². The molecule has 0 saturated carbocycles. The van der Waals surface area contributed by atoms with Crippen LogP contribution in [0.3, 0.4) is 0 Å². The molecule has 9 nitrogen and oxygen atoms in total. The highest BCUT2D eigenvalue weighted by atomic mass is 32.2. The van der Waals surface area contributed by atoms with Gasteiger partial charge in [-0.15, -0.1) is 10.2 Å². The zero-order valence-electron chi connectivity index (χ0n) is 19.5. The number of nitrogens with zero attached hydrogens (tertiary/aromatic N) is 5. The van der Waals surface area contributed by atoms with Crippen molar-refractivity contribution in [3.8, 4) is 17.1 Å². The minimum atomic E-state index is -0.386. The van der Waals surface area contributed by atoms with Gasteiger partial charge in [-0.3, -0.25) is 14.3 Å². The number of hydrogen-bond acceptors (Lipinski definition) is 8. The molecule has 0 unspecified atom stereocenters. The fourth-order valence-corrected chi connectivity index (χ4v) is 4.64. The maximum Gasteiger partial charge on any atom is 0.273 e. The van der Waals surface area contributed by atoms with Crippen LogP contribution in [0.4, 0.5) is 4.39 Å². The van der Waals surface area contributed by atoms with E-state index in [1.165, 1.54) is 24.1 Å². The molecule has 3 heterocycles. The van der Waals surface area contributed by atoms with Crippen LogP contribution >= 0.6 is 11.8 Å². The number of morpholine rings is 1. The molecule has 2 aromatic carbocycles. The van der Waals surface area contributed by atoms with Crippen molar-refractivity contribution in [2.75, 3.05) is 39.4 Å². The maximum absolute atomic E-state index is 14.7. The fourth-order valence-electron chi connectivity index (χ4n) is 3.84. The summed E-state index contributed by atoms with van der Waals surface area (Å²) in [5, 5.41) is 12.0. The van der Waals surface area contributed by atoms with E-state index in [-0.39, 0.29) is 17.4 Å². The molecule has 0 radical (unpaired) electrons. The van der Waals surface area contributed by atoms with Gasteiger partial charge in [-0.2, -0.15) is 0 Å². The molecule has 4 aromatic rings. The molecule has 1 fully saturated rings. The smallest absolute Gasteiger partial charge is 0.273 e. The molecular formula is C25H25FN6O3S. The second kappa shape index (κ2) is 11.5. The van der Waals surface area contributed by atoms with E-state index in [0.29, 0.717) is 34.9 Å². The van der Waals surface area contributed by atoms with Crippen LogP contribution in [-0.4, -0.2) is 69.9 Å². The molecule has 0 spiro atoms. The van der Waals surface area contributed by atoms with Crippen LogP contribution in [0.1, 0.15) is 16.4 Å². The number of carbonyl (C=O) groups is 1. The summed E-state index contributed by atoms with van der Waals surface area (Å²) in [6.07, 6.45) is 1.34. The van der Waals surface area contributed by atoms with Crippen molar-refractivity contribution in [1.29, 1.82) is 0 Å². The van der Waals surface area contributed by atoms with Crippen molar-refractivity contribution < 1.29 is 18.3 Å². The number of oxazole rings is 1. The molecule has 0 bridgehead atoms. The highest BCUT2D eigenvalue weighted by Gasteiger charge is 2.20. The molecule has 11 heteroatoms. The van der Waals surface area contributed by atoms with Gasteiger partial charge in [0.1, 0.15) is 12.1 Å². The van der Waals surface area contributed by atoms with Crippen LogP contribution in [-0.2, 0) is 10.5 Å². The van der Waals surface area contributed by atoms with Crippen LogP contribution in [0, 0.1) is 5.82 Å². The lowest BCUT2D eigenvalue weighted by Gasteiger charge is -2.26. The summed E-state index contributed by atoms with van der Waals surface area (Å²) in [6, 6.07) is 16.0. The van der Waals surface area contributed by atoms with E-state index < -0.39 is 0 Å². The van der Waals surface area contributed by atoms with Gasteiger partial charge in [0.15, 0.2) is 16.7 Å². The molecule has 36 heavy (non-hydrogen) atoms. The molecular weight excluding hydrogens is 483 g/mol. The average molecular weight is 509 g/mol. The third-order valence-corrected chi connectivity index (χ3v) is 6.60. The predicted molar refractivity (Wildman–Crippen MR) is 132 cm³/mol. The number of amides is 1. The number of thioether (sulfide) groups is 1. The Morgan fingerprint density at radius 3 is 2.64 bits per heavy atom. The normalized spacial score (nSPS) is 14.1. The maximum atomic E-state index is 14.7. The first-order valence-corrected chi connectivity index (χ1v) is 12.6. The van der Waals surface area contributed by atoms with Crippen molar-refractivity contribution in [1.82, 2.24) is 30.0 Å². The summed E-state index contributed by atoms with van der Waals surface area (Å²) in [5.74, 6) is 0.508. The van der Waals surface area contributed by atoms with Crippen molar-refractivity contribution in [2.24, 2.45) is 0 Å². The number of benzene rings is 2. The number of carbonyl (C=O) groups excluding carboxylic acids is 1. The lowest BCUT2D eigenvalue weighted by molar-refractivity contribution is 0.0383. The second-order valence-electron chi connectivity index (χ2n) is 8.08. The summed E-state index contributed by atoms with van der Waals surface area (Å²) < 4.78 is 27.3. The van der Waals surface area contributed by atoms with E-state index in [1.54, 1.807) is 22.8 Å². The number of nitrogens with one attached hydrogen (secondary N) is 1. The van der Waals surface area contributed by atoms with Crippen molar-refractivity contribution in [3.05, 3.63) is 78.3 Å². The Morgan fingerprint density at radius 2 is 1.83 bits per heavy atom. The number of halogens is 1. The van der Waals surface area contributed by atoms with E-state index in [0.717, 1.165) is 38.4 Å². The Bertz CT molecular complexity index is 1310. The van der Waals surface area contributed by atoms with Gasteiger partial charge in [0.05, 0.1) is 24.7 Å². The van der Waals surface area contributed by atoms with Gasteiger partial charge in [0.2, 0.25) is 5.89 Å². The van der Waals surface area contributed by atoms with Crippen LogP contribution in [0.25, 0.3) is 17.1 Å². The van der Waals surface area contributed by atoms with Crippen LogP contribution in [0.5, 0.6) is 0 Å². The summed E-state index contributed by atoms with van der Waals surface area (Å²) in [5.41, 5.74) is 1.37. The van der Waals surface area contributed by atoms with Gasteiger partial charge in [0, 0.05) is 31.7 Å². The number of rotatable bonds is 9. The van der Waals surface area contributed by atoms with Crippen molar-refractivity contribution >= 4 is 17.7 Å². The van der Waals surface area contributed by atoms with Gasteiger partial charge in [-0.25, -0.2) is 9.37 Å². The molecule has 186 valence electrons. The summed E-state index contributed by atoms with van der Waals surface area (Å²) >= 11 is 1.30. The Morgan fingerprint density at radius 1 is 1.06 bits per heavy atom. The first-order valence-electron chi connectivity index (χ1n) is 11.6. The summed E-state index contributed by atoms with van der Waals surface area (Å²) in [6.45, 7) is 4.44. The van der Waals surface area contributed by atoms with E-state index in [2.05, 4.69) is 25.4 Å². The Labute approximate surface area is 211 Å². The number of para-hydroxylation sites is 1. The number of ether oxygens (including phenoxy) is 1. The SMILES string of the molecule is O=C(NCCN1CCOCC1)c1coc(CSc2nnc(-c3ccccc3)n2-c2ccccc2F)n1. The fraction of sp³-hybridized carbons (Fsp3) is 0.280. The van der Waals surface area contributed by atoms with Gasteiger partial charge in [0.25, 0.3) is 5.91 Å². The minimum Gasteiger partial charge on any atom is -0.447 e. The number of hydrogen-bond donors (Lipinski definition) is 1. The molecule has 1 saturated heterocycles. The Balaban J connectivity index is 1.26. The topological polar surface area (TPSA) is 98.3 Å². The van der Waals surface area contributed by atoms with Crippen LogP contribution < -0.4 is 5.32 Å². The highest BCUT2D eigenvalue weighted by molar-refractivity contribution is 7.98. The third kappa shape index (κ3) is 5.64. The molecule has 1 N–H and O–H groups in total. The van der Waals surface area contributed by atoms with E-state index in [1.807, 2.05) is 30.3 Å². The predicted octanol–water partition coefficient (Wildman–Crippen LogP) is 3.42. The van der Waals surface area contributed by atoms with E-state index in [4.69, 9.17) is 9.15 Å². The zero-order chi connectivity index (χ0) is 24.7. The zero-order valence-corrected chi connectivity index (χ0v) is 20.3. The minimum absolute atomic E-state index is 0.216. The quantitative estimate of drug-likeness (QED) is 0.344. The Kier molecular flexibility index (Phi) is 7.70. The van der Waals surface area contributed by atoms with Gasteiger partial charge in [-0.05, 0) is 12.1 Å². The average Bonchev–Trinajstić information content (AvgIpc) is 3.56. The largest absolute Gasteiger partial charge is 0.447 e. The molecule has 1 aliphatic rings. The monoisotopic (exact) mass is 508 g/mol. The Hall–Kier alpha value is -3.54. The number of aromatic nitrogens is 4. The molecule has 0 aliphatic carbocycles. The van der Waals surface area contributed by atoms with Gasteiger partial charge in [-0.1, -0.05) is 54.2 Å².